The van der Waals surface area contributed by atoms with Crippen molar-refractivity contribution in [3.63, 3.8) is 0 Å². The van der Waals surface area contributed by atoms with Crippen molar-refractivity contribution in [3.8, 4) is 11.4 Å². The summed E-state index contributed by atoms with van der Waals surface area (Å²) in [5, 5.41) is 17.0. The minimum absolute atomic E-state index is 0. The summed E-state index contributed by atoms with van der Waals surface area (Å²) in [6.07, 6.45) is 0. The quantitative estimate of drug-likeness (QED) is 0.288. The average molecular weight is 646 g/mol. The number of likely N-dealkylation sites (N-methyl/N-ethyl adjacent to an activating group) is 1. The molecule has 0 aliphatic carbocycles. The molecule has 10 nitrogen and oxygen atoms in total. The van der Waals surface area contributed by atoms with E-state index in [2.05, 4.69) is 25.8 Å². The lowest BCUT2D eigenvalue weighted by Crippen LogP contribution is -2.49. The SMILES string of the molecule is Cc1nc(-c2ccc(C)c(NCC(=O)N(CCNC(C)C)CC(=O)N(C)N3Cc4ccc(F)cc4C3)c2)n[nH]1.Cl.Cl.Cl. The zero-order valence-electron chi connectivity index (χ0n) is 24.4. The van der Waals surface area contributed by atoms with Gasteiger partial charge in [-0.3, -0.25) is 19.7 Å². The summed E-state index contributed by atoms with van der Waals surface area (Å²) >= 11 is 0. The topological polar surface area (TPSA) is 109 Å². The molecule has 232 valence electrons. The summed E-state index contributed by atoms with van der Waals surface area (Å²) in [5.74, 6) is 0.624. The van der Waals surface area contributed by atoms with Gasteiger partial charge in [0, 0.05) is 50.5 Å². The van der Waals surface area contributed by atoms with E-state index in [1.54, 1.807) is 18.0 Å². The molecule has 0 fully saturated rings. The number of aryl methyl sites for hydroxylation is 2. The molecule has 0 saturated carbocycles. The van der Waals surface area contributed by atoms with Crippen molar-refractivity contribution >= 4 is 54.7 Å². The molecule has 0 spiro atoms. The van der Waals surface area contributed by atoms with Crippen LogP contribution in [0.4, 0.5) is 10.1 Å². The molecular weight excluding hydrogens is 606 g/mol. The lowest BCUT2D eigenvalue weighted by atomic mass is 10.1. The molecule has 4 rings (SSSR count). The van der Waals surface area contributed by atoms with Crippen LogP contribution in [0.2, 0.25) is 0 Å². The van der Waals surface area contributed by atoms with E-state index in [9.17, 15) is 14.0 Å². The van der Waals surface area contributed by atoms with Crippen LogP contribution >= 0.6 is 37.2 Å². The van der Waals surface area contributed by atoms with Crippen LogP contribution in [0.1, 0.15) is 36.4 Å². The Morgan fingerprint density at radius 2 is 1.76 bits per heavy atom. The number of fused-ring (bicyclic) bond motifs is 1. The van der Waals surface area contributed by atoms with Gasteiger partial charge in [0.2, 0.25) is 5.91 Å². The largest absolute Gasteiger partial charge is 0.376 e. The van der Waals surface area contributed by atoms with Gasteiger partial charge in [0.15, 0.2) is 5.82 Å². The fraction of sp³-hybridized carbons (Fsp3) is 0.429. The Morgan fingerprint density at radius 3 is 2.43 bits per heavy atom. The van der Waals surface area contributed by atoms with Gasteiger partial charge in [0.25, 0.3) is 5.91 Å². The smallest absolute Gasteiger partial charge is 0.256 e. The Hall–Kier alpha value is -2.96. The van der Waals surface area contributed by atoms with Gasteiger partial charge in [-0.15, -0.1) is 37.2 Å². The van der Waals surface area contributed by atoms with Gasteiger partial charge in [-0.05, 0) is 48.7 Å². The number of benzene rings is 2. The highest BCUT2D eigenvalue weighted by Gasteiger charge is 2.27. The predicted octanol–water partition coefficient (Wildman–Crippen LogP) is 4.12. The number of nitrogens with one attached hydrogen (secondary N) is 3. The average Bonchev–Trinajstić information content (AvgIpc) is 3.52. The van der Waals surface area contributed by atoms with Crippen molar-refractivity contribution < 1.29 is 14.0 Å². The molecule has 1 aromatic heterocycles. The van der Waals surface area contributed by atoms with Crippen molar-refractivity contribution in [2.75, 3.05) is 38.5 Å². The summed E-state index contributed by atoms with van der Waals surface area (Å²) in [7, 11) is 1.69. The van der Waals surface area contributed by atoms with E-state index in [-0.39, 0.29) is 74.0 Å². The number of anilines is 1. The van der Waals surface area contributed by atoms with Crippen molar-refractivity contribution in [1.82, 2.24) is 35.4 Å². The number of carbonyl (C=O) groups excluding carboxylic acids is 2. The van der Waals surface area contributed by atoms with Crippen molar-refractivity contribution in [2.45, 2.75) is 46.8 Å². The Labute approximate surface area is 265 Å². The first-order valence-electron chi connectivity index (χ1n) is 13.1. The van der Waals surface area contributed by atoms with Crippen LogP contribution < -0.4 is 10.6 Å². The summed E-state index contributed by atoms with van der Waals surface area (Å²) in [4.78, 5) is 32.5. The second-order valence-electron chi connectivity index (χ2n) is 10.2. The third-order valence-corrected chi connectivity index (χ3v) is 6.80. The van der Waals surface area contributed by atoms with E-state index in [0.29, 0.717) is 32.0 Å². The first kappa shape index (κ1) is 37.1. The molecule has 3 aromatic rings. The van der Waals surface area contributed by atoms with Gasteiger partial charge in [0.05, 0.1) is 6.54 Å². The maximum Gasteiger partial charge on any atom is 0.256 e. The van der Waals surface area contributed by atoms with Gasteiger partial charge in [-0.25, -0.2) is 14.4 Å². The number of halogens is 4. The normalized spacial score (nSPS) is 12.1. The van der Waals surface area contributed by atoms with Crippen LogP contribution in [0, 0.1) is 19.7 Å². The second kappa shape index (κ2) is 16.6. The zero-order valence-corrected chi connectivity index (χ0v) is 26.9. The minimum Gasteiger partial charge on any atom is -0.376 e. The van der Waals surface area contributed by atoms with Gasteiger partial charge in [-0.1, -0.05) is 32.0 Å². The highest BCUT2D eigenvalue weighted by Crippen LogP contribution is 2.25. The molecule has 1 aliphatic rings. The highest BCUT2D eigenvalue weighted by atomic mass is 35.5. The molecule has 1 aliphatic heterocycles. The molecule has 0 atom stereocenters. The van der Waals surface area contributed by atoms with Gasteiger partial charge in [0.1, 0.15) is 18.2 Å². The van der Waals surface area contributed by atoms with Crippen molar-refractivity contribution in [2.24, 2.45) is 0 Å². The van der Waals surface area contributed by atoms with Crippen LogP contribution in [-0.4, -0.2) is 81.2 Å². The Balaban J connectivity index is 0.00000294. The molecule has 0 saturated heterocycles. The van der Waals surface area contributed by atoms with Crippen LogP contribution in [0.15, 0.2) is 36.4 Å². The van der Waals surface area contributed by atoms with Crippen LogP contribution in [-0.2, 0) is 22.7 Å². The third kappa shape index (κ3) is 9.53. The van der Waals surface area contributed by atoms with E-state index in [1.807, 2.05) is 50.9 Å². The van der Waals surface area contributed by atoms with E-state index in [0.717, 1.165) is 33.8 Å². The lowest BCUT2D eigenvalue weighted by molar-refractivity contribution is -0.151. The number of nitrogens with zero attached hydrogens (tertiary/aromatic N) is 5. The lowest BCUT2D eigenvalue weighted by Gasteiger charge is -2.31. The number of hydrogen-bond acceptors (Lipinski definition) is 7. The highest BCUT2D eigenvalue weighted by molar-refractivity contribution is 5.87. The molecule has 0 unspecified atom stereocenters. The number of aromatic amines is 1. The molecule has 0 bridgehead atoms. The van der Waals surface area contributed by atoms with Gasteiger partial charge < -0.3 is 15.5 Å². The molecule has 14 heteroatoms. The summed E-state index contributed by atoms with van der Waals surface area (Å²) in [6.45, 7) is 9.75. The van der Waals surface area contributed by atoms with E-state index >= 15 is 0 Å². The van der Waals surface area contributed by atoms with Crippen molar-refractivity contribution in [3.05, 3.63) is 64.7 Å². The number of amides is 2. The molecule has 3 N–H and O–H groups in total. The van der Waals surface area contributed by atoms with Crippen molar-refractivity contribution in [1.29, 1.82) is 0 Å². The third-order valence-electron chi connectivity index (χ3n) is 6.80. The first-order chi connectivity index (χ1) is 18.6. The Kier molecular flexibility index (Phi) is 14.7. The number of hydrazine groups is 1. The monoisotopic (exact) mass is 644 g/mol. The molecule has 42 heavy (non-hydrogen) atoms. The Morgan fingerprint density at radius 1 is 1.05 bits per heavy atom. The molecule has 2 heterocycles. The fourth-order valence-corrected chi connectivity index (χ4v) is 4.47. The number of carbonyl (C=O) groups is 2. The molecule has 2 amide bonds. The standard InChI is InChI=1S/C28H37FN8O2.3ClH/c1-18(2)30-10-11-36(17-27(39)35(5)37-15-22-8-9-24(29)12-23(22)16-37)26(38)14-31-25-13-21(7-6-19(25)3)28-32-20(4)33-34-28;;;/h6-9,12-13,18,30-31H,10-11,14-17H2,1-5H3,(H,32,33,34);3*1H. The number of H-pyrrole nitrogens is 1. The maximum atomic E-state index is 13.7. The summed E-state index contributed by atoms with van der Waals surface area (Å²) in [5.41, 5.74) is 4.47. The minimum atomic E-state index is -0.289. The molecule has 0 radical (unpaired) electrons. The maximum absolute atomic E-state index is 13.7. The zero-order chi connectivity index (χ0) is 28.1. The molecular formula is C28H40Cl3FN8O2. The number of rotatable bonds is 11. The van der Waals surface area contributed by atoms with E-state index in [1.165, 1.54) is 17.1 Å². The van der Waals surface area contributed by atoms with Crippen LogP contribution in [0.3, 0.4) is 0 Å². The van der Waals surface area contributed by atoms with Gasteiger partial charge in [-0.2, -0.15) is 5.10 Å². The van der Waals surface area contributed by atoms with Crippen LogP contribution in [0.25, 0.3) is 11.4 Å². The van der Waals surface area contributed by atoms with E-state index < -0.39 is 0 Å². The van der Waals surface area contributed by atoms with Gasteiger partial charge >= 0.3 is 0 Å². The number of hydrogen-bond donors (Lipinski definition) is 3. The number of aromatic nitrogens is 3. The summed E-state index contributed by atoms with van der Waals surface area (Å²) < 4.78 is 13.7. The fourth-order valence-electron chi connectivity index (χ4n) is 4.47. The Bertz CT molecular complexity index is 1340. The first-order valence-corrected chi connectivity index (χ1v) is 13.1. The second-order valence-corrected chi connectivity index (χ2v) is 10.2. The molecule has 2 aromatic carbocycles. The van der Waals surface area contributed by atoms with E-state index in [4.69, 9.17) is 0 Å². The summed E-state index contributed by atoms with van der Waals surface area (Å²) in [6, 6.07) is 10.8. The predicted molar refractivity (Wildman–Crippen MR) is 170 cm³/mol. The van der Waals surface area contributed by atoms with Crippen LogP contribution in [0.5, 0.6) is 0 Å².